The number of rotatable bonds is 5. The lowest BCUT2D eigenvalue weighted by molar-refractivity contribution is 0.487. The van der Waals surface area contributed by atoms with E-state index in [0.29, 0.717) is 0 Å². The summed E-state index contributed by atoms with van der Waals surface area (Å²) in [4.78, 5) is 11.3. The maximum atomic E-state index is 5.99. The van der Waals surface area contributed by atoms with Gasteiger partial charge in [0.15, 0.2) is 5.75 Å². The van der Waals surface area contributed by atoms with Crippen LogP contribution in [-0.2, 0) is 0 Å². The van der Waals surface area contributed by atoms with Crippen LogP contribution < -0.4 is 4.74 Å². The number of ether oxygens (including phenoxy) is 1. The molecule has 0 unspecified atom stereocenters. The molecule has 2 aromatic carbocycles. The summed E-state index contributed by atoms with van der Waals surface area (Å²) in [6, 6.07) is 17.7. The fourth-order valence-electron chi connectivity index (χ4n) is 2.32. The topological polar surface area (TPSA) is 37.7 Å². The van der Waals surface area contributed by atoms with Crippen molar-refractivity contribution < 1.29 is 4.74 Å². The van der Waals surface area contributed by atoms with Gasteiger partial charge >= 0.3 is 0 Å². The quantitative estimate of drug-likeness (QED) is 0.493. The van der Waals surface area contributed by atoms with E-state index in [1.807, 2.05) is 73.7 Å². The van der Waals surface area contributed by atoms with Crippen molar-refractivity contribution in [3.05, 3.63) is 60.3 Å². The van der Waals surface area contributed by atoms with Gasteiger partial charge in [-0.3, -0.25) is 0 Å². The molecular weight excluding hydrogens is 298 g/mol. The van der Waals surface area contributed by atoms with Crippen molar-refractivity contribution in [1.82, 2.24) is 9.88 Å². The van der Waals surface area contributed by atoms with Gasteiger partial charge in [-0.2, -0.15) is 0 Å². The highest BCUT2D eigenvalue weighted by molar-refractivity contribution is 5.87. The molecule has 122 valence electrons. The number of aryl methyl sites for hydroxylation is 1. The van der Waals surface area contributed by atoms with Crippen molar-refractivity contribution in [2.24, 2.45) is 4.99 Å². The number of para-hydroxylation sites is 2. The van der Waals surface area contributed by atoms with Crippen molar-refractivity contribution in [3.8, 4) is 11.5 Å². The normalized spacial score (nSPS) is 11.1. The lowest BCUT2D eigenvalue weighted by Gasteiger charge is -2.11. The minimum absolute atomic E-state index is 0.753. The summed E-state index contributed by atoms with van der Waals surface area (Å²) >= 11 is 0. The number of aromatic nitrogens is 1. The maximum absolute atomic E-state index is 5.99. The maximum Gasteiger partial charge on any atom is 0.153 e. The average Bonchev–Trinajstić information content (AvgIpc) is 2.61. The summed E-state index contributed by atoms with van der Waals surface area (Å²) < 4.78 is 5.99. The Morgan fingerprint density at radius 3 is 2.67 bits per heavy atom. The molecule has 1 aromatic heterocycles. The lowest BCUT2D eigenvalue weighted by Crippen LogP contribution is -2.14. The summed E-state index contributed by atoms with van der Waals surface area (Å²) in [5, 5.41) is 1.01. The summed E-state index contributed by atoms with van der Waals surface area (Å²) in [5.74, 6) is 1.55. The largest absolute Gasteiger partial charge is 0.455 e. The van der Waals surface area contributed by atoms with E-state index in [0.717, 1.165) is 40.3 Å². The van der Waals surface area contributed by atoms with Crippen molar-refractivity contribution in [2.75, 3.05) is 13.6 Å². The molecule has 0 radical (unpaired) electrons. The van der Waals surface area contributed by atoms with Gasteiger partial charge in [0.25, 0.3) is 0 Å². The first-order chi connectivity index (χ1) is 11.7. The first-order valence-electron chi connectivity index (χ1n) is 8.05. The third-order valence-electron chi connectivity index (χ3n) is 3.84. The van der Waals surface area contributed by atoms with Crippen LogP contribution >= 0.6 is 0 Å². The van der Waals surface area contributed by atoms with Gasteiger partial charge in [0.05, 0.1) is 17.7 Å². The monoisotopic (exact) mass is 319 g/mol. The third kappa shape index (κ3) is 3.54. The zero-order valence-corrected chi connectivity index (χ0v) is 14.2. The van der Waals surface area contributed by atoms with Gasteiger partial charge in [-0.25, -0.2) is 9.98 Å². The van der Waals surface area contributed by atoms with Gasteiger partial charge < -0.3 is 9.64 Å². The Kier molecular flexibility index (Phi) is 4.75. The molecule has 0 bridgehead atoms. The summed E-state index contributed by atoms with van der Waals surface area (Å²) in [6.45, 7) is 4.97. The average molecular weight is 319 g/mol. The first kappa shape index (κ1) is 16.0. The van der Waals surface area contributed by atoms with Gasteiger partial charge in [0.2, 0.25) is 0 Å². The minimum Gasteiger partial charge on any atom is -0.455 e. The van der Waals surface area contributed by atoms with Crippen LogP contribution in [0.1, 0.15) is 12.6 Å². The van der Waals surface area contributed by atoms with E-state index in [9.17, 15) is 0 Å². The molecule has 0 spiro atoms. The Morgan fingerprint density at radius 1 is 1.12 bits per heavy atom. The molecule has 0 fully saturated rings. The predicted molar refractivity (Wildman–Crippen MR) is 99.5 cm³/mol. The molecule has 24 heavy (non-hydrogen) atoms. The number of benzene rings is 2. The van der Waals surface area contributed by atoms with Gasteiger partial charge in [-0.1, -0.05) is 30.3 Å². The van der Waals surface area contributed by atoms with Gasteiger partial charge in [0.1, 0.15) is 11.3 Å². The fraction of sp³-hybridized carbons (Fsp3) is 0.200. The van der Waals surface area contributed by atoms with E-state index < -0.39 is 0 Å². The zero-order valence-electron chi connectivity index (χ0n) is 14.2. The molecule has 0 saturated heterocycles. The summed E-state index contributed by atoms with van der Waals surface area (Å²) in [5.41, 5.74) is 2.61. The molecular formula is C20H21N3O. The molecule has 3 rings (SSSR count). The van der Waals surface area contributed by atoms with E-state index >= 15 is 0 Å². The number of nitrogens with zero attached hydrogens (tertiary/aromatic N) is 3. The lowest BCUT2D eigenvalue weighted by atomic mass is 10.1. The predicted octanol–water partition coefficient (Wildman–Crippen LogP) is 4.95. The molecule has 0 atom stereocenters. The summed E-state index contributed by atoms with van der Waals surface area (Å²) in [7, 11) is 2.00. The van der Waals surface area contributed by atoms with Crippen LogP contribution in [-0.4, -0.2) is 29.8 Å². The second kappa shape index (κ2) is 7.13. The second-order valence-electron chi connectivity index (χ2n) is 5.65. The summed E-state index contributed by atoms with van der Waals surface area (Å²) in [6.07, 6.45) is 1.83. The molecule has 0 N–H and O–H groups in total. The Labute approximate surface area is 142 Å². The molecule has 0 aliphatic carbocycles. The van der Waals surface area contributed by atoms with Crippen LogP contribution in [0.25, 0.3) is 10.9 Å². The highest BCUT2D eigenvalue weighted by Crippen LogP contribution is 2.31. The van der Waals surface area contributed by atoms with Crippen LogP contribution in [0.5, 0.6) is 11.5 Å². The van der Waals surface area contributed by atoms with Crippen molar-refractivity contribution in [1.29, 1.82) is 0 Å². The molecule has 0 amide bonds. The molecule has 0 aliphatic heterocycles. The molecule has 4 heteroatoms. The SMILES string of the molecule is CCN(C)/C=N/c1cc2cccc(Oc3ccccc3)c2nc1C. The van der Waals surface area contributed by atoms with E-state index in [1.54, 1.807) is 0 Å². The smallest absolute Gasteiger partial charge is 0.153 e. The van der Waals surface area contributed by atoms with Crippen LogP contribution in [0.3, 0.4) is 0 Å². The van der Waals surface area contributed by atoms with Crippen molar-refractivity contribution in [3.63, 3.8) is 0 Å². The Balaban J connectivity index is 1.99. The van der Waals surface area contributed by atoms with Crippen LogP contribution in [0.15, 0.2) is 59.6 Å². The molecule has 1 heterocycles. The highest BCUT2D eigenvalue weighted by Gasteiger charge is 2.08. The van der Waals surface area contributed by atoms with E-state index in [4.69, 9.17) is 9.72 Å². The van der Waals surface area contributed by atoms with E-state index in [1.165, 1.54) is 0 Å². The minimum atomic E-state index is 0.753. The van der Waals surface area contributed by atoms with Gasteiger partial charge in [-0.15, -0.1) is 0 Å². The number of aliphatic imine (C=N–C) groups is 1. The first-order valence-corrected chi connectivity index (χ1v) is 8.05. The van der Waals surface area contributed by atoms with E-state index in [-0.39, 0.29) is 0 Å². The Hall–Kier alpha value is -2.88. The Morgan fingerprint density at radius 2 is 1.92 bits per heavy atom. The highest BCUT2D eigenvalue weighted by atomic mass is 16.5. The fourth-order valence-corrected chi connectivity index (χ4v) is 2.32. The molecule has 3 aromatic rings. The number of hydrogen-bond donors (Lipinski definition) is 0. The van der Waals surface area contributed by atoms with E-state index in [2.05, 4.69) is 18.0 Å². The third-order valence-corrected chi connectivity index (χ3v) is 3.84. The number of hydrogen-bond acceptors (Lipinski definition) is 3. The standard InChI is InChI=1S/C20H21N3O/c1-4-23(3)14-21-18-13-16-9-8-12-19(20(16)22-15(18)2)24-17-10-6-5-7-11-17/h5-14H,4H2,1-3H3/b21-14+. The van der Waals surface area contributed by atoms with Crippen LogP contribution in [0.2, 0.25) is 0 Å². The van der Waals surface area contributed by atoms with Gasteiger partial charge in [-0.05, 0) is 38.1 Å². The van der Waals surface area contributed by atoms with Crippen LogP contribution in [0.4, 0.5) is 5.69 Å². The molecule has 4 nitrogen and oxygen atoms in total. The van der Waals surface area contributed by atoms with Gasteiger partial charge in [0, 0.05) is 19.0 Å². The Bertz CT molecular complexity index is 859. The molecule has 0 saturated carbocycles. The number of fused-ring (bicyclic) bond motifs is 1. The number of pyridine rings is 1. The zero-order chi connectivity index (χ0) is 16.9. The van der Waals surface area contributed by atoms with Crippen LogP contribution in [0, 0.1) is 6.92 Å². The second-order valence-corrected chi connectivity index (χ2v) is 5.65. The van der Waals surface area contributed by atoms with Crippen molar-refractivity contribution >= 4 is 22.9 Å². The van der Waals surface area contributed by atoms with Crippen molar-refractivity contribution in [2.45, 2.75) is 13.8 Å². The molecule has 0 aliphatic rings.